The predicted octanol–water partition coefficient (Wildman–Crippen LogP) is 4.38. The number of rotatable bonds is 5. The van der Waals surface area contributed by atoms with Gasteiger partial charge in [-0.1, -0.05) is 29.8 Å². The molecule has 0 atom stereocenters. The fraction of sp³-hybridized carbons (Fsp3) is 0.167. The van der Waals surface area contributed by atoms with Gasteiger partial charge in [-0.05, 0) is 30.3 Å². The van der Waals surface area contributed by atoms with Crippen LogP contribution < -0.4 is 5.32 Å². The van der Waals surface area contributed by atoms with Gasteiger partial charge in [0, 0.05) is 18.5 Å². The molecule has 9 heteroatoms. The minimum absolute atomic E-state index is 0.0651. The van der Waals surface area contributed by atoms with Crippen LogP contribution in [0.1, 0.15) is 21.8 Å². The Balaban J connectivity index is 1.61. The van der Waals surface area contributed by atoms with Gasteiger partial charge >= 0.3 is 6.18 Å². The third kappa shape index (κ3) is 4.65. The van der Waals surface area contributed by atoms with Crippen LogP contribution in [0.3, 0.4) is 0 Å². The van der Waals surface area contributed by atoms with Gasteiger partial charge in [0.1, 0.15) is 0 Å². The Bertz CT molecular complexity index is 943. The van der Waals surface area contributed by atoms with Crippen molar-refractivity contribution in [3.05, 3.63) is 70.6 Å². The molecule has 1 heterocycles. The molecular formula is C18H13ClF3N3O2. The van der Waals surface area contributed by atoms with Crippen molar-refractivity contribution < 1.29 is 22.4 Å². The average Bonchev–Trinajstić information content (AvgIpc) is 3.10. The summed E-state index contributed by atoms with van der Waals surface area (Å²) >= 11 is 5.84. The topological polar surface area (TPSA) is 68.0 Å². The van der Waals surface area contributed by atoms with Crippen LogP contribution in [-0.2, 0) is 12.6 Å². The Morgan fingerprint density at radius 3 is 2.56 bits per heavy atom. The van der Waals surface area contributed by atoms with Gasteiger partial charge in [0.05, 0.1) is 16.1 Å². The quantitative estimate of drug-likeness (QED) is 0.696. The standard InChI is InChI=1S/C18H13ClF3N3O2/c19-14-7-6-12(18(20,21)22)10-13(14)16(26)23-9-8-15-24-25-17(27-15)11-4-2-1-3-5-11/h1-7,10H,8-9H2,(H,23,26). The second-order valence-corrected chi connectivity index (χ2v) is 5.97. The highest BCUT2D eigenvalue weighted by atomic mass is 35.5. The van der Waals surface area contributed by atoms with Crippen LogP contribution in [0.25, 0.3) is 11.5 Å². The fourth-order valence-electron chi connectivity index (χ4n) is 2.31. The molecule has 27 heavy (non-hydrogen) atoms. The summed E-state index contributed by atoms with van der Waals surface area (Å²) < 4.78 is 43.8. The molecule has 1 N–H and O–H groups in total. The molecule has 3 rings (SSSR count). The molecule has 0 aliphatic rings. The first-order valence-corrected chi connectivity index (χ1v) is 8.25. The predicted molar refractivity (Wildman–Crippen MR) is 92.2 cm³/mol. The van der Waals surface area contributed by atoms with Crippen molar-refractivity contribution in [3.63, 3.8) is 0 Å². The van der Waals surface area contributed by atoms with Crippen LogP contribution in [0.5, 0.6) is 0 Å². The summed E-state index contributed by atoms with van der Waals surface area (Å²) in [7, 11) is 0. The highest BCUT2D eigenvalue weighted by Gasteiger charge is 2.31. The third-order valence-electron chi connectivity index (χ3n) is 3.65. The number of carbonyl (C=O) groups is 1. The summed E-state index contributed by atoms with van der Waals surface area (Å²) in [6.07, 6.45) is -4.33. The summed E-state index contributed by atoms with van der Waals surface area (Å²) in [5.41, 5.74) is -0.431. The van der Waals surface area contributed by atoms with Gasteiger partial charge in [-0.15, -0.1) is 10.2 Å². The van der Waals surface area contributed by atoms with E-state index in [0.29, 0.717) is 11.8 Å². The molecule has 5 nitrogen and oxygen atoms in total. The largest absolute Gasteiger partial charge is 0.421 e. The zero-order valence-corrected chi connectivity index (χ0v) is 14.5. The van der Waals surface area contributed by atoms with Crippen molar-refractivity contribution in [3.8, 4) is 11.5 Å². The van der Waals surface area contributed by atoms with Gasteiger partial charge in [0.25, 0.3) is 5.91 Å². The SMILES string of the molecule is O=C(NCCc1nnc(-c2ccccc2)o1)c1cc(C(F)(F)F)ccc1Cl. The molecule has 0 spiro atoms. The van der Waals surface area contributed by atoms with Gasteiger partial charge in [-0.25, -0.2) is 0 Å². The van der Waals surface area contributed by atoms with E-state index >= 15 is 0 Å². The van der Waals surface area contributed by atoms with Gasteiger partial charge in [-0.3, -0.25) is 4.79 Å². The minimum atomic E-state index is -4.56. The molecule has 1 amide bonds. The first-order valence-electron chi connectivity index (χ1n) is 7.87. The molecule has 0 unspecified atom stereocenters. The van der Waals surface area contributed by atoms with Crippen molar-refractivity contribution in [1.29, 1.82) is 0 Å². The van der Waals surface area contributed by atoms with E-state index < -0.39 is 17.6 Å². The summed E-state index contributed by atoms with van der Waals surface area (Å²) in [6, 6.07) is 11.7. The molecule has 0 radical (unpaired) electrons. The first kappa shape index (κ1) is 18.9. The molecule has 3 aromatic rings. The number of halogens is 4. The molecule has 0 aliphatic heterocycles. The number of amides is 1. The second kappa shape index (κ2) is 7.79. The average molecular weight is 396 g/mol. The first-order chi connectivity index (χ1) is 12.8. The van der Waals surface area contributed by atoms with Gasteiger partial charge in [0.2, 0.25) is 11.8 Å². The lowest BCUT2D eigenvalue weighted by Crippen LogP contribution is -2.26. The summed E-state index contributed by atoms with van der Waals surface area (Å²) in [5.74, 6) is -0.0731. The lowest BCUT2D eigenvalue weighted by molar-refractivity contribution is -0.137. The van der Waals surface area contributed by atoms with Crippen molar-refractivity contribution >= 4 is 17.5 Å². The molecule has 0 fully saturated rings. The smallest absolute Gasteiger partial charge is 0.416 e. The monoisotopic (exact) mass is 395 g/mol. The van der Waals surface area contributed by atoms with Gasteiger partial charge in [0.15, 0.2) is 0 Å². The maximum atomic E-state index is 12.8. The summed E-state index contributed by atoms with van der Waals surface area (Å²) in [4.78, 5) is 12.1. The Labute approximate surface area is 157 Å². The Morgan fingerprint density at radius 1 is 1.11 bits per heavy atom. The molecule has 1 aromatic heterocycles. The van der Waals surface area contributed by atoms with Crippen LogP contribution in [0.15, 0.2) is 52.9 Å². The third-order valence-corrected chi connectivity index (χ3v) is 3.98. The van der Waals surface area contributed by atoms with Crippen LogP contribution >= 0.6 is 11.6 Å². The van der Waals surface area contributed by atoms with Crippen molar-refractivity contribution in [2.75, 3.05) is 6.54 Å². The van der Waals surface area contributed by atoms with E-state index in [1.807, 2.05) is 30.3 Å². The Morgan fingerprint density at radius 2 is 1.85 bits per heavy atom. The normalized spacial score (nSPS) is 11.4. The second-order valence-electron chi connectivity index (χ2n) is 5.57. The van der Waals surface area contributed by atoms with Crippen LogP contribution in [0.4, 0.5) is 13.2 Å². The van der Waals surface area contributed by atoms with E-state index in [0.717, 1.165) is 23.8 Å². The van der Waals surface area contributed by atoms with Crippen molar-refractivity contribution in [1.82, 2.24) is 15.5 Å². The highest BCUT2D eigenvalue weighted by molar-refractivity contribution is 6.33. The van der Waals surface area contributed by atoms with E-state index in [-0.39, 0.29) is 23.6 Å². The van der Waals surface area contributed by atoms with Crippen LogP contribution in [0.2, 0.25) is 5.02 Å². The molecular weight excluding hydrogens is 383 g/mol. The molecule has 0 saturated heterocycles. The van der Waals surface area contributed by atoms with E-state index in [2.05, 4.69) is 15.5 Å². The Hall–Kier alpha value is -2.87. The zero-order valence-electron chi connectivity index (χ0n) is 13.8. The van der Waals surface area contributed by atoms with Crippen molar-refractivity contribution in [2.45, 2.75) is 12.6 Å². The lowest BCUT2D eigenvalue weighted by Gasteiger charge is -2.10. The van der Waals surface area contributed by atoms with Gasteiger partial charge in [-0.2, -0.15) is 13.2 Å². The summed E-state index contributed by atoms with van der Waals surface area (Å²) in [6.45, 7) is 0.0990. The van der Waals surface area contributed by atoms with Crippen LogP contribution in [-0.4, -0.2) is 22.6 Å². The number of nitrogens with zero attached hydrogens (tertiary/aromatic N) is 2. The van der Waals surface area contributed by atoms with E-state index in [1.54, 1.807) is 0 Å². The highest BCUT2D eigenvalue weighted by Crippen LogP contribution is 2.31. The van der Waals surface area contributed by atoms with E-state index in [1.165, 1.54) is 0 Å². The number of nitrogens with one attached hydrogen (secondary N) is 1. The molecule has 2 aromatic carbocycles. The number of hydrogen-bond acceptors (Lipinski definition) is 4. The van der Waals surface area contributed by atoms with Crippen molar-refractivity contribution in [2.24, 2.45) is 0 Å². The number of carbonyl (C=O) groups excluding carboxylic acids is 1. The Kier molecular flexibility index (Phi) is 5.46. The zero-order chi connectivity index (χ0) is 19.4. The lowest BCUT2D eigenvalue weighted by atomic mass is 10.1. The van der Waals surface area contributed by atoms with E-state index in [9.17, 15) is 18.0 Å². The minimum Gasteiger partial charge on any atom is -0.421 e. The number of aromatic nitrogens is 2. The number of benzene rings is 2. The molecule has 0 saturated carbocycles. The maximum Gasteiger partial charge on any atom is 0.416 e. The molecule has 0 aliphatic carbocycles. The maximum absolute atomic E-state index is 12.8. The summed E-state index contributed by atoms with van der Waals surface area (Å²) in [5, 5.41) is 10.2. The van der Waals surface area contributed by atoms with Crippen LogP contribution in [0, 0.1) is 0 Å². The number of alkyl halides is 3. The molecule has 0 bridgehead atoms. The fourth-order valence-corrected chi connectivity index (χ4v) is 2.51. The molecule has 140 valence electrons. The van der Waals surface area contributed by atoms with E-state index in [4.69, 9.17) is 16.0 Å². The number of hydrogen-bond donors (Lipinski definition) is 1. The van der Waals surface area contributed by atoms with Gasteiger partial charge < -0.3 is 9.73 Å².